The Kier molecular flexibility index (Phi) is 9.52. The van der Waals surface area contributed by atoms with Gasteiger partial charge in [0.15, 0.2) is 0 Å². The van der Waals surface area contributed by atoms with E-state index < -0.39 is 6.09 Å². The van der Waals surface area contributed by atoms with Crippen LogP contribution in [0.4, 0.5) is 16.2 Å². The number of carbonyl (C=O) groups is 2. The van der Waals surface area contributed by atoms with Crippen LogP contribution in [-0.2, 0) is 16.0 Å². The zero-order chi connectivity index (χ0) is 31.1. The van der Waals surface area contributed by atoms with Crippen molar-refractivity contribution in [2.24, 2.45) is 4.99 Å². The Morgan fingerprint density at radius 3 is 2.11 bits per heavy atom. The first-order valence-corrected chi connectivity index (χ1v) is 14.6. The molecular formula is C36H36N4O4. The molecule has 0 radical (unpaired) electrons. The molecule has 5 rings (SSSR count). The summed E-state index contributed by atoms with van der Waals surface area (Å²) in [4.78, 5) is 35.2. The van der Waals surface area contributed by atoms with Crippen LogP contribution in [0.5, 0.6) is 5.88 Å². The van der Waals surface area contributed by atoms with Crippen molar-refractivity contribution in [1.29, 1.82) is 0 Å². The van der Waals surface area contributed by atoms with Crippen LogP contribution in [-0.4, -0.2) is 66.1 Å². The molecule has 0 bridgehead atoms. The van der Waals surface area contributed by atoms with Gasteiger partial charge in [0.1, 0.15) is 0 Å². The summed E-state index contributed by atoms with van der Waals surface area (Å²) in [7, 11) is 3.97. The first-order chi connectivity index (χ1) is 21.4. The number of amides is 1. The van der Waals surface area contributed by atoms with E-state index in [0.29, 0.717) is 47.4 Å². The normalized spacial score (nSPS) is 11.6. The quantitative estimate of drug-likeness (QED) is 0.185. The molecule has 0 fully saturated rings. The summed E-state index contributed by atoms with van der Waals surface area (Å²) in [5.41, 5.74) is 4.57. The number of rotatable bonds is 10. The summed E-state index contributed by atoms with van der Waals surface area (Å²) in [6.45, 7) is 3.14. The molecule has 0 spiro atoms. The number of fused-ring (bicyclic) bond motifs is 1. The number of likely N-dealkylation sites (N-methyl/N-ethyl adjacent to an activating group) is 1. The monoisotopic (exact) mass is 588 g/mol. The van der Waals surface area contributed by atoms with E-state index in [4.69, 9.17) is 9.73 Å². The minimum atomic E-state index is -0.665. The molecule has 0 atom stereocenters. The molecule has 1 amide bonds. The second-order valence-electron chi connectivity index (χ2n) is 10.6. The predicted octanol–water partition coefficient (Wildman–Crippen LogP) is 6.66. The van der Waals surface area contributed by atoms with Gasteiger partial charge in [-0.25, -0.2) is 14.4 Å². The van der Waals surface area contributed by atoms with Crippen LogP contribution >= 0.6 is 0 Å². The average Bonchev–Trinajstić information content (AvgIpc) is 3.33. The number of ether oxygens (including phenoxy) is 1. The van der Waals surface area contributed by atoms with E-state index in [-0.39, 0.29) is 18.4 Å². The third-order valence-corrected chi connectivity index (χ3v) is 7.26. The Morgan fingerprint density at radius 2 is 1.45 bits per heavy atom. The lowest BCUT2D eigenvalue weighted by Gasteiger charge is -2.25. The Hall–Kier alpha value is -5.21. The molecule has 0 aliphatic heterocycles. The van der Waals surface area contributed by atoms with Crippen molar-refractivity contribution in [2.45, 2.75) is 13.3 Å². The summed E-state index contributed by atoms with van der Waals surface area (Å²) in [5, 5.41) is 12.1. The van der Waals surface area contributed by atoms with Crippen molar-refractivity contribution in [1.82, 2.24) is 9.47 Å². The van der Waals surface area contributed by atoms with Crippen LogP contribution in [0.1, 0.15) is 23.6 Å². The van der Waals surface area contributed by atoms with Crippen molar-refractivity contribution in [2.75, 3.05) is 38.7 Å². The van der Waals surface area contributed by atoms with E-state index in [1.165, 1.54) is 4.57 Å². The number of carbonyl (C=O) groups excluding carboxylic acids is 2. The molecule has 5 aromatic rings. The number of hydrogen-bond acceptors (Lipinski definition) is 6. The highest BCUT2D eigenvalue weighted by Gasteiger charge is 2.26. The van der Waals surface area contributed by atoms with Crippen LogP contribution < -0.4 is 4.90 Å². The number of aliphatic imine (C=N–C) groups is 1. The van der Waals surface area contributed by atoms with E-state index in [1.807, 2.05) is 116 Å². The zero-order valence-electron chi connectivity index (χ0n) is 25.2. The van der Waals surface area contributed by atoms with Crippen molar-refractivity contribution in [3.63, 3.8) is 0 Å². The van der Waals surface area contributed by atoms with Gasteiger partial charge in [-0.2, -0.15) is 0 Å². The first-order valence-electron chi connectivity index (χ1n) is 14.6. The second-order valence-corrected chi connectivity index (χ2v) is 10.6. The lowest BCUT2D eigenvalue weighted by atomic mass is 10.0. The summed E-state index contributed by atoms with van der Waals surface area (Å²) in [6, 6.07) is 34.0. The topological polar surface area (TPSA) is 87.4 Å². The van der Waals surface area contributed by atoms with Crippen molar-refractivity contribution >= 4 is 40.0 Å². The van der Waals surface area contributed by atoms with Gasteiger partial charge < -0.3 is 19.6 Å². The largest absolute Gasteiger partial charge is 0.494 e. The molecular weight excluding hydrogens is 552 g/mol. The van der Waals surface area contributed by atoms with Gasteiger partial charge in [-0.1, -0.05) is 78.9 Å². The fourth-order valence-electron chi connectivity index (χ4n) is 5.09. The third kappa shape index (κ3) is 6.71. The summed E-state index contributed by atoms with van der Waals surface area (Å²) in [5.74, 6) is -0.235. The Labute approximate surface area is 257 Å². The number of nitrogens with zero attached hydrogens (tertiary/aromatic N) is 4. The highest BCUT2D eigenvalue weighted by atomic mass is 16.5. The molecule has 0 unspecified atom stereocenters. The van der Waals surface area contributed by atoms with Gasteiger partial charge in [-0.3, -0.25) is 4.79 Å². The first kappa shape index (κ1) is 30.3. The smallest absolute Gasteiger partial charge is 0.421 e. The maximum absolute atomic E-state index is 13.4. The lowest BCUT2D eigenvalue weighted by Crippen LogP contribution is -2.37. The molecule has 0 saturated carbocycles. The Balaban J connectivity index is 1.56. The highest BCUT2D eigenvalue weighted by Crippen LogP contribution is 2.35. The molecule has 8 heteroatoms. The van der Waals surface area contributed by atoms with Crippen molar-refractivity contribution in [3.8, 4) is 5.88 Å². The maximum Gasteiger partial charge on any atom is 0.421 e. The standard InChI is InChI=1S/C36H36N4O4/c1-4-44-36(43)40-31-18-12-11-17-30(31)33(35(40)42)34(27-15-9-6-10-16-27)37-28-19-21-29(22-20-28)39(24-23-38(2)3)32(41)25-26-13-7-5-8-14-26/h5-22,42H,4,23-25H2,1-3H3. The lowest BCUT2D eigenvalue weighted by molar-refractivity contribution is -0.118. The van der Waals surface area contributed by atoms with Crippen LogP contribution in [0.25, 0.3) is 10.9 Å². The molecule has 8 nitrogen and oxygen atoms in total. The van der Waals surface area contributed by atoms with Crippen LogP contribution in [0.3, 0.4) is 0 Å². The van der Waals surface area contributed by atoms with E-state index in [0.717, 1.165) is 16.8 Å². The molecule has 0 saturated heterocycles. The predicted molar refractivity (Wildman–Crippen MR) is 175 cm³/mol. The molecule has 1 N–H and O–H groups in total. The maximum atomic E-state index is 13.4. The molecule has 4 aromatic carbocycles. The van der Waals surface area contributed by atoms with Crippen LogP contribution in [0, 0.1) is 0 Å². The molecule has 1 heterocycles. The van der Waals surface area contributed by atoms with Crippen LogP contribution in [0.2, 0.25) is 0 Å². The van der Waals surface area contributed by atoms with Crippen LogP contribution in [0.15, 0.2) is 114 Å². The van der Waals surface area contributed by atoms with Gasteiger partial charge >= 0.3 is 6.09 Å². The number of aromatic nitrogens is 1. The Bertz CT molecular complexity index is 1760. The minimum absolute atomic E-state index is 0.0102. The second kappa shape index (κ2) is 13.8. The summed E-state index contributed by atoms with van der Waals surface area (Å²) < 4.78 is 6.43. The van der Waals surface area contributed by atoms with Gasteiger partial charge in [0.05, 0.1) is 35.5 Å². The van der Waals surface area contributed by atoms with Gasteiger partial charge in [0.25, 0.3) is 0 Å². The third-order valence-electron chi connectivity index (χ3n) is 7.26. The van der Waals surface area contributed by atoms with Gasteiger partial charge in [-0.15, -0.1) is 0 Å². The number of aromatic hydroxyl groups is 1. The number of benzene rings is 4. The van der Waals surface area contributed by atoms with E-state index in [2.05, 4.69) is 0 Å². The van der Waals surface area contributed by atoms with Crippen molar-refractivity contribution < 1.29 is 19.4 Å². The van der Waals surface area contributed by atoms with E-state index in [1.54, 1.807) is 24.0 Å². The van der Waals surface area contributed by atoms with Gasteiger partial charge in [0, 0.05) is 29.7 Å². The summed E-state index contributed by atoms with van der Waals surface area (Å²) in [6.07, 6.45) is -0.363. The number of para-hydroxylation sites is 1. The molecule has 0 aliphatic carbocycles. The van der Waals surface area contributed by atoms with Gasteiger partial charge in [0.2, 0.25) is 11.8 Å². The average molecular weight is 589 g/mol. The minimum Gasteiger partial charge on any atom is -0.494 e. The van der Waals surface area contributed by atoms with E-state index >= 15 is 0 Å². The number of anilines is 1. The molecule has 0 aliphatic rings. The Morgan fingerprint density at radius 1 is 0.818 bits per heavy atom. The molecule has 224 valence electrons. The fourth-order valence-corrected chi connectivity index (χ4v) is 5.09. The zero-order valence-corrected chi connectivity index (χ0v) is 25.2. The van der Waals surface area contributed by atoms with E-state index in [9.17, 15) is 14.7 Å². The fraction of sp³-hybridized carbons (Fsp3) is 0.194. The number of hydrogen-bond donors (Lipinski definition) is 1. The van der Waals surface area contributed by atoms with Crippen molar-refractivity contribution in [3.05, 3.63) is 126 Å². The SMILES string of the molecule is CCOC(=O)n1c(O)c(C(=Nc2ccc(N(CCN(C)C)C(=O)Cc3ccccc3)cc2)c2ccccc2)c2ccccc21. The molecule has 1 aromatic heterocycles. The van der Waals surface area contributed by atoms with Gasteiger partial charge in [-0.05, 0) is 56.9 Å². The highest BCUT2D eigenvalue weighted by molar-refractivity contribution is 6.23. The summed E-state index contributed by atoms with van der Waals surface area (Å²) >= 11 is 0. The molecule has 44 heavy (non-hydrogen) atoms.